The number of amides is 2. The van der Waals surface area contributed by atoms with Crippen LogP contribution in [0.5, 0.6) is 0 Å². The molecular formula is C18H18N4O2S. The average molecular weight is 354 g/mol. The third-order valence-electron chi connectivity index (χ3n) is 3.65. The van der Waals surface area contributed by atoms with Gasteiger partial charge in [0, 0.05) is 25.4 Å². The molecule has 2 amide bonds. The lowest BCUT2D eigenvalue weighted by Gasteiger charge is -2.16. The summed E-state index contributed by atoms with van der Waals surface area (Å²) in [4.78, 5) is 26.2. The number of benzene rings is 1. The highest BCUT2D eigenvalue weighted by atomic mass is 32.1. The molecule has 0 radical (unpaired) electrons. The van der Waals surface area contributed by atoms with Gasteiger partial charge in [0.1, 0.15) is 0 Å². The van der Waals surface area contributed by atoms with E-state index in [-0.39, 0.29) is 18.4 Å². The lowest BCUT2D eigenvalue weighted by Crippen LogP contribution is -2.37. The van der Waals surface area contributed by atoms with Crippen LogP contribution in [-0.2, 0) is 11.3 Å². The van der Waals surface area contributed by atoms with Gasteiger partial charge in [-0.25, -0.2) is 4.68 Å². The van der Waals surface area contributed by atoms with Gasteiger partial charge >= 0.3 is 0 Å². The lowest BCUT2D eigenvalue weighted by atomic mass is 10.3. The van der Waals surface area contributed by atoms with Crippen molar-refractivity contribution < 1.29 is 9.59 Å². The second-order valence-electron chi connectivity index (χ2n) is 5.54. The van der Waals surface area contributed by atoms with E-state index in [0.717, 1.165) is 11.3 Å². The molecule has 0 unspecified atom stereocenters. The summed E-state index contributed by atoms with van der Waals surface area (Å²) in [6.07, 6.45) is 3.63. The van der Waals surface area contributed by atoms with E-state index in [4.69, 9.17) is 0 Å². The average Bonchev–Trinajstić information content (AvgIpc) is 3.32. The molecule has 1 aromatic carbocycles. The number of carbonyl (C=O) groups is 2. The van der Waals surface area contributed by atoms with Gasteiger partial charge in [-0.2, -0.15) is 5.10 Å². The van der Waals surface area contributed by atoms with E-state index in [1.807, 2.05) is 41.9 Å². The molecule has 0 saturated carbocycles. The summed E-state index contributed by atoms with van der Waals surface area (Å²) in [6, 6.07) is 13.3. The molecule has 2 aromatic heterocycles. The maximum absolute atomic E-state index is 12.2. The van der Waals surface area contributed by atoms with Crippen LogP contribution < -0.4 is 5.32 Å². The number of rotatable bonds is 6. The molecule has 25 heavy (non-hydrogen) atoms. The van der Waals surface area contributed by atoms with Gasteiger partial charge in [0.2, 0.25) is 5.91 Å². The van der Waals surface area contributed by atoms with Crippen molar-refractivity contribution in [2.45, 2.75) is 6.54 Å². The van der Waals surface area contributed by atoms with E-state index in [9.17, 15) is 9.59 Å². The molecule has 1 N–H and O–H groups in total. The normalized spacial score (nSPS) is 10.4. The molecule has 3 aromatic rings. The zero-order valence-corrected chi connectivity index (χ0v) is 14.6. The Morgan fingerprint density at radius 3 is 2.72 bits per heavy atom. The number of carbonyl (C=O) groups excluding carboxylic acids is 2. The summed E-state index contributed by atoms with van der Waals surface area (Å²) in [5, 5.41) is 8.79. The Labute approximate surface area is 149 Å². The topological polar surface area (TPSA) is 67.2 Å². The number of hydrogen-bond acceptors (Lipinski definition) is 4. The summed E-state index contributed by atoms with van der Waals surface area (Å²) in [5.41, 5.74) is 1.88. The SMILES string of the molecule is CN(Cc1cnn(-c2ccccc2)c1)C(=O)CNC(=O)c1cccs1. The number of thiophene rings is 1. The molecule has 0 fully saturated rings. The standard InChI is InChI=1S/C18H18N4O2S/c1-21(17(23)11-19-18(24)16-8-5-9-25-16)12-14-10-20-22(13-14)15-6-3-2-4-7-15/h2-10,13H,11-12H2,1H3,(H,19,24). The lowest BCUT2D eigenvalue weighted by molar-refractivity contribution is -0.129. The maximum atomic E-state index is 12.2. The highest BCUT2D eigenvalue weighted by Crippen LogP contribution is 2.10. The second-order valence-corrected chi connectivity index (χ2v) is 6.49. The third kappa shape index (κ3) is 4.33. The summed E-state index contributed by atoms with van der Waals surface area (Å²) >= 11 is 1.35. The summed E-state index contributed by atoms with van der Waals surface area (Å²) in [6.45, 7) is 0.403. The summed E-state index contributed by atoms with van der Waals surface area (Å²) in [5.74, 6) is -0.383. The second kappa shape index (κ2) is 7.76. The van der Waals surface area contributed by atoms with Crippen molar-refractivity contribution in [2.75, 3.05) is 13.6 Å². The van der Waals surface area contributed by atoms with Crippen LogP contribution in [0.15, 0.2) is 60.2 Å². The molecule has 6 nitrogen and oxygen atoms in total. The van der Waals surface area contributed by atoms with Crippen LogP contribution in [0.25, 0.3) is 5.69 Å². The minimum Gasteiger partial charge on any atom is -0.342 e. The quantitative estimate of drug-likeness (QED) is 0.739. The number of nitrogens with one attached hydrogen (secondary N) is 1. The molecule has 2 heterocycles. The maximum Gasteiger partial charge on any atom is 0.261 e. The number of nitrogens with zero attached hydrogens (tertiary/aromatic N) is 3. The molecule has 0 aliphatic heterocycles. The van der Waals surface area contributed by atoms with Crippen LogP contribution in [0.4, 0.5) is 0 Å². The van der Waals surface area contributed by atoms with E-state index < -0.39 is 0 Å². The van der Waals surface area contributed by atoms with E-state index >= 15 is 0 Å². The summed E-state index contributed by atoms with van der Waals surface area (Å²) < 4.78 is 1.77. The van der Waals surface area contributed by atoms with Gasteiger partial charge in [-0.1, -0.05) is 24.3 Å². The predicted octanol–water partition coefficient (Wildman–Crippen LogP) is 2.32. The van der Waals surface area contributed by atoms with Crippen LogP contribution in [-0.4, -0.2) is 40.1 Å². The fourth-order valence-corrected chi connectivity index (χ4v) is 2.95. The minimum atomic E-state index is -0.228. The fraction of sp³-hybridized carbons (Fsp3) is 0.167. The van der Waals surface area contributed by atoms with Crippen LogP contribution in [0.3, 0.4) is 0 Å². The fourth-order valence-electron chi connectivity index (χ4n) is 2.31. The van der Waals surface area contributed by atoms with Crippen molar-refractivity contribution >= 4 is 23.2 Å². The molecule has 0 saturated heterocycles. The first-order valence-electron chi connectivity index (χ1n) is 7.78. The van der Waals surface area contributed by atoms with E-state index in [2.05, 4.69) is 10.4 Å². The van der Waals surface area contributed by atoms with E-state index in [0.29, 0.717) is 11.4 Å². The molecule has 0 atom stereocenters. The zero-order valence-electron chi connectivity index (χ0n) is 13.8. The monoisotopic (exact) mass is 354 g/mol. The van der Waals surface area contributed by atoms with Crippen molar-refractivity contribution in [3.05, 3.63) is 70.7 Å². The highest BCUT2D eigenvalue weighted by molar-refractivity contribution is 7.12. The first-order chi connectivity index (χ1) is 12.1. The molecule has 0 aliphatic carbocycles. The molecule has 3 rings (SSSR count). The van der Waals surface area contributed by atoms with Crippen molar-refractivity contribution in [3.8, 4) is 5.69 Å². The Morgan fingerprint density at radius 1 is 1.20 bits per heavy atom. The van der Waals surface area contributed by atoms with Crippen LogP contribution in [0, 0.1) is 0 Å². The molecule has 0 spiro atoms. The largest absolute Gasteiger partial charge is 0.342 e. The highest BCUT2D eigenvalue weighted by Gasteiger charge is 2.13. The van der Waals surface area contributed by atoms with Gasteiger partial charge in [-0.05, 0) is 23.6 Å². The molecule has 0 bridgehead atoms. The Balaban J connectivity index is 1.53. The number of para-hydroxylation sites is 1. The molecule has 7 heteroatoms. The molecule has 0 aliphatic rings. The number of aromatic nitrogens is 2. The van der Waals surface area contributed by atoms with Crippen molar-refractivity contribution in [1.82, 2.24) is 20.0 Å². The smallest absolute Gasteiger partial charge is 0.261 e. The van der Waals surface area contributed by atoms with Crippen molar-refractivity contribution in [1.29, 1.82) is 0 Å². The van der Waals surface area contributed by atoms with Gasteiger partial charge in [0.05, 0.1) is 23.3 Å². The summed E-state index contributed by atoms with van der Waals surface area (Å²) in [7, 11) is 1.71. The van der Waals surface area contributed by atoms with Gasteiger partial charge < -0.3 is 10.2 Å². The third-order valence-corrected chi connectivity index (χ3v) is 4.52. The Morgan fingerprint density at radius 2 is 2.00 bits per heavy atom. The molecular weight excluding hydrogens is 336 g/mol. The Hall–Kier alpha value is -2.93. The van der Waals surface area contributed by atoms with E-state index in [1.54, 1.807) is 35.0 Å². The van der Waals surface area contributed by atoms with Crippen molar-refractivity contribution in [2.24, 2.45) is 0 Å². The van der Waals surface area contributed by atoms with Crippen molar-refractivity contribution in [3.63, 3.8) is 0 Å². The Bertz CT molecular complexity index is 843. The van der Waals surface area contributed by atoms with Gasteiger partial charge in [0.25, 0.3) is 5.91 Å². The minimum absolute atomic E-state index is 0.0277. The van der Waals surface area contributed by atoms with Crippen LogP contribution in [0.2, 0.25) is 0 Å². The first kappa shape index (κ1) is 16.9. The van der Waals surface area contributed by atoms with Crippen LogP contribution in [0.1, 0.15) is 15.2 Å². The number of likely N-dealkylation sites (N-methyl/N-ethyl adjacent to an activating group) is 1. The van der Waals surface area contributed by atoms with E-state index in [1.165, 1.54) is 11.3 Å². The van der Waals surface area contributed by atoms with Crippen LogP contribution >= 0.6 is 11.3 Å². The van der Waals surface area contributed by atoms with Gasteiger partial charge in [-0.15, -0.1) is 11.3 Å². The van der Waals surface area contributed by atoms with Gasteiger partial charge in [0.15, 0.2) is 0 Å². The first-order valence-corrected chi connectivity index (χ1v) is 8.66. The predicted molar refractivity (Wildman–Crippen MR) is 96.7 cm³/mol. The zero-order chi connectivity index (χ0) is 17.6. The Kier molecular flexibility index (Phi) is 5.25. The van der Waals surface area contributed by atoms with Gasteiger partial charge in [-0.3, -0.25) is 9.59 Å². The molecule has 128 valence electrons. The number of hydrogen-bond donors (Lipinski definition) is 1.